The van der Waals surface area contributed by atoms with E-state index in [4.69, 9.17) is 0 Å². The van der Waals surface area contributed by atoms with Crippen LogP contribution >= 0.6 is 0 Å². The second-order valence-electron chi connectivity index (χ2n) is 11.5. The fourth-order valence-corrected chi connectivity index (χ4v) is 6.51. The molecule has 2 aromatic heterocycles. The molecule has 0 saturated heterocycles. The number of hydrogen-bond acceptors (Lipinski definition) is 0. The zero-order chi connectivity index (χ0) is 28.5. The maximum Gasteiger partial charge on any atom is 0.0491 e. The first-order valence-corrected chi connectivity index (χ1v) is 15.6. The third-order valence-corrected chi connectivity index (χ3v) is 8.73. The Hall–Kier alpha value is -4.56. The van der Waals surface area contributed by atoms with Crippen LogP contribution in [0.15, 0.2) is 109 Å². The van der Waals surface area contributed by atoms with E-state index < -0.39 is 0 Å². The molecule has 0 aliphatic heterocycles. The lowest BCUT2D eigenvalue weighted by atomic mass is 10.00. The summed E-state index contributed by atoms with van der Waals surface area (Å²) in [5.41, 5.74) is 10.3. The maximum absolute atomic E-state index is 2.52. The Kier molecular flexibility index (Phi) is 7.13. The molecule has 0 amide bonds. The van der Waals surface area contributed by atoms with E-state index in [0.29, 0.717) is 0 Å². The Morgan fingerprint density at radius 2 is 0.952 bits per heavy atom. The van der Waals surface area contributed by atoms with Gasteiger partial charge in [0.15, 0.2) is 0 Å². The number of rotatable bonds is 9. The number of unbranched alkanes of at least 4 members (excludes halogenated alkanes) is 2. The second-order valence-corrected chi connectivity index (χ2v) is 11.5. The highest BCUT2D eigenvalue weighted by atomic mass is 15.0. The van der Waals surface area contributed by atoms with Crippen molar-refractivity contribution in [2.45, 2.75) is 52.6 Å². The summed E-state index contributed by atoms with van der Waals surface area (Å²) in [6, 6.07) is 40.5. The summed E-state index contributed by atoms with van der Waals surface area (Å²) in [6.07, 6.45) is 9.18. The van der Waals surface area contributed by atoms with Crippen molar-refractivity contribution in [1.29, 1.82) is 0 Å². The van der Waals surface area contributed by atoms with Crippen molar-refractivity contribution < 1.29 is 0 Å². The summed E-state index contributed by atoms with van der Waals surface area (Å²) in [5.74, 6) is 0. The van der Waals surface area contributed by atoms with E-state index in [9.17, 15) is 0 Å². The molecule has 2 heterocycles. The largest absolute Gasteiger partial charge is 0.340 e. The lowest BCUT2D eigenvalue weighted by Crippen LogP contribution is -1.97. The number of aryl methyl sites for hydroxylation is 2. The van der Waals surface area contributed by atoms with Crippen LogP contribution in [0.1, 0.15) is 50.7 Å². The SMILES string of the molecule is CCCCn1c2ccccc2c2cc(-c3ccc4c(c3)c3cc(/C=C/c5ccccc5)ccc3n4CCCC)ccc21. The van der Waals surface area contributed by atoms with Gasteiger partial charge in [-0.15, -0.1) is 0 Å². The second kappa shape index (κ2) is 11.4. The Morgan fingerprint density at radius 1 is 0.452 bits per heavy atom. The van der Waals surface area contributed by atoms with Gasteiger partial charge in [0.05, 0.1) is 0 Å². The van der Waals surface area contributed by atoms with Gasteiger partial charge in [-0.2, -0.15) is 0 Å². The quantitative estimate of drug-likeness (QED) is 0.159. The number of aromatic nitrogens is 2. The molecule has 0 saturated carbocycles. The topological polar surface area (TPSA) is 9.86 Å². The molecule has 42 heavy (non-hydrogen) atoms. The molecule has 0 fully saturated rings. The van der Waals surface area contributed by atoms with Gasteiger partial charge in [-0.1, -0.05) is 106 Å². The molecule has 2 nitrogen and oxygen atoms in total. The molecule has 2 heteroatoms. The van der Waals surface area contributed by atoms with Crippen LogP contribution in [-0.4, -0.2) is 9.13 Å². The summed E-state index contributed by atoms with van der Waals surface area (Å²) in [7, 11) is 0. The van der Waals surface area contributed by atoms with Crippen LogP contribution in [0.5, 0.6) is 0 Å². The van der Waals surface area contributed by atoms with Gasteiger partial charge in [-0.3, -0.25) is 0 Å². The molecule has 208 valence electrons. The summed E-state index contributed by atoms with van der Waals surface area (Å²) in [6.45, 7) is 6.64. The first-order chi connectivity index (χ1) is 20.7. The average molecular weight is 547 g/mol. The van der Waals surface area contributed by atoms with Crippen LogP contribution in [-0.2, 0) is 13.1 Å². The molecule has 0 atom stereocenters. The van der Waals surface area contributed by atoms with Crippen LogP contribution in [0.4, 0.5) is 0 Å². The molecule has 0 spiro atoms. The minimum atomic E-state index is 1.04. The van der Waals surface area contributed by atoms with E-state index in [2.05, 4.69) is 144 Å². The number of hydrogen-bond donors (Lipinski definition) is 0. The van der Waals surface area contributed by atoms with Gasteiger partial charge >= 0.3 is 0 Å². The van der Waals surface area contributed by atoms with E-state index in [-0.39, 0.29) is 0 Å². The monoisotopic (exact) mass is 546 g/mol. The normalized spacial score (nSPS) is 12.0. The highest BCUT2D eigenvalue weighted by molar-refractivity contribution is 6.12. The van der Waals surface area contributed by atoms with Crippen LogP contribution in [0.3, 0.4) is 0 Å². The predicted octanol–water partition coefficient (Wildman–Crippen LogP) is 11.3. The van der Waals surface area contributed by atoms with Gasteiger partial charge in [-0.05, 0) is 77.6 Å². The Bertz CT molecular complexity index is 2050. The van der Waals surface area contributed by atoms with Gasteiger partial charge < -0.3 is 9.13 Å². The molecule has 0 N–H and O–H groups in total. The lowest BCUT2D eigenvalue weighted by molar-refractivity contribution is 0.665. The van der Waals surface area contributed by atoms with Crippen molar-refractivity contribution in [3.8, 4) is 11.1 Å². The van der Waals surface area contributed by atoms with Crippen molar-refractivity contribution in [1.82, 2.24) is 9.13 Å². The van der Waals surface area contributed by atoms with E-state index in [1.807, 2.05) is 0 Å². The number of benzene rings is 5. The van der Waals surface area contributed by atoms with Gasteiger partial charge in [0.25, 0.3) is 0 Å². The molecule has 0 aliphatic carbocycles. The molecule has 7 aromatic rings. The predicted molar refractivity (Wildman–Crippen MR) is 183 cm³/mol. The lowest BCUT2D eigenvalue weighted by Gasteiger charge is -2.08. The fourth-order valence-electron chi connectivity index (χ4n) is 6.51. The van der Waals surface area contributed by atoms with E-state index in [1.54, 1.807) is 0 Å². The van der Waals surface area contributed by atoms with Crippen LogP contribution < -0.4 is 0 Å². The summed E-state index contributed by atoms with van der Waals surface area (Å²) in [4.78, 5) is 0. The van der Waals surface area contributed by atoms with Crippen LogP contribution in [0, 0.1) is 0 Å². The first-order valence-electron chi connectivity index (χ1n) is 15.6. The van der Waals surface area contributed by atoms with Crippen molar-refractivity contribution in [3.05, 3.63) is 120 Å². The standard InChI is InChI=1S/C40H38N2/c1-3-5-24-41-37-15-11-10-14-33(37)35-27-31(19-22-39(35)41)32-20-23-40-36(28-32)34-26-30(17-16-29-12-8-7-9-13-29)18-21-38(34)42(40)25-6-4-2/h7-23,26-28H,3-6,24-25H2,1-2H3/b17-16+. The Morgan fingerprint density at radius 3 is 1.60 bits per heavy atom. The van der Waals surface area contributed by atoms with Crippen LogP contribution in [0.2, 0.25) is 0 Å². The molecule has 0 aliphatic rings. The van der Waals surface area contributed by atoms with Crippen molar-refractivity contribution in [3.63, 3.8) is 0 Å². The third kappa shape index (κ3) is 4.71. The molecule has 0 radical (unpaired) electrons. The Labute approximate surface area is 248 Å². The number of para-hydroxylation sites is 1. The summed E-state index contributed by atoms with van der Waals surface area (Å²) < 4.78 is 5.03. The maximum atomic E-state index is 2.52. The van der Waals surface area contributed by atoms with Gasteiger partial charge in [0.1, 0.15) is 0 Å². The van der Waals surface area contributed by atoms with Gasteiger partial charge in [0, 0.05) is 56.7 Å². The Balaban J connectivity index is 1.36. The fraction of sp³-hybridized carbons (Fsp3) is 0.200. The highest BCUT2D eigenvalue weighted by Gasteiger charge is 2.14. The zero-order valence-electron chi connectivity index (χ0n) is 24.7. The summed E-state index contributed by atoms with van der Waals surface area (Å²) >= 11 is 0. The molecule has 7 rings (SSSR count). The average Bonchev–Trinajstić information content (AvgIpc) is 3.53. The summed E-state index contributed by atoms with van der Waals surface area (Å²) in [5, 5.41) is 5.35. The molecule has 0 bridgehead atoms. The van der Waals surface area contributed by atoms with Crippen molar-refractivity contribution >= 4 is 55.8 Å². The van der Waals surface area contributed by atoms with E-state index in [0.717, 1.165) is 13.1 Å². The minimum Gasteiger partial charge on any atom is -0.340 e. The number of fused-ring (bicyclic) bond motifs is 6. The van der Waals surface area contributed by atoms with Crippen molar-refractivity contribution in [2.24, 2.45) is 0 Å². The van der Waals surface area contributed by atoms with Crippen LogP contribution in [0.25, 0.3) is 66.9 Å². The van der Waals surface area contributed by atoms with Crippen molar-refractivity contribution in [2.75, 3.05) is 0 Å². The number of nitrogens with zero attached hydrogens (tertiary/aromatic N) is 2. The minimum absolute atomic E-state index is 1.04. The third-order valence-electron chi connectivity index (χ3n) is 8.73. The van der Waals surface area contributed by atoms with E-state index in [1.165, 1.54) is 91.5 Å². The highest BCUT2D eigenvalue weighted by Crippen LogP contribution is 2.37. The van der Waals surface area contributed by atoms with Gasteiger partial charge in [-0.25, -0.2) is 0 Å². The molecule has 5 aromatic carbocycles. The molecule has 0 unspecified atom stereocenters. The zero-order valence-corrected chi connectivity index (χ0v) is 24.7. The van der Waals surface area contributed by atoms with Gasteiger partial charge in [0.2, 0.25) is 0 Å². The smallest absolute Gasteiger partial charge is 0.0491 e. The first kappa shape index (κ1) is 26.3. The molecular formula is C40H38N2. The van der Waals surface area contributed by atoms with E-state index >= 15 is 0 Å². The molecular weight excluding hydrogens is 508 g/mol.